The van der Waals surface area contributed by atoms with Gasteiger partial charge in [0.1, 0.15) is 17.1 Å². The fraction of sp³-hybridized carbons (Fsp3) is 0.273. The van der Waals surface area contributed by atoms with E-state index >= 15 is 0 Å². The molecule has 2 aromatic carbocycles. The van der Waals surface area contributed by atoms with E-state index in [0.717, 1.165) is 29.8 Å². The fourth-order valence-electron chi connectivity index (χ4n) is 2.97. The molecule has 0 bridgehead atoms. The van der Waals surface area contributed by atoms with E-state index < -0.39 is 0 Å². The molecule has 1 heterocycles. The zero-order chi connectivity index (χ0) is 19.9. The van der Waals surface area contributed by atoms with Crippen LogP contribution in [0.25, 0.3) is 0 Å². The number of benzene rings is 2. The number of unbranched alkanes of at least 4 members (excludes halogenated alkanes) is 1. The van der Waals surface area contributed by atoms with Gasteiger partial charge in [0.25, 0.3) is 11.8 Å². The Bertz CT molecular complexity index is 860. The predicted molar refractivity (Wildman–Crippen MR) is 109 cm³/mol. The number of anilines is 1. The van der Waals surface area contributed by atoms with Crippen LogP contribution in [0.2, 0.25) is 0 Å². The van der Waals surface area contributed by atoms with Gasteiger partial charge in [0.15, 0.2) is 0 Å². The molecule has 0 radical (unpaired) electrons. The van der Waals surface area contributed by atoms with Gasteiger partial charge in [0, 0.05) is 12.2 Å². The first kappa shape index (κ1) is 19.5. The Morgan fingerprint density at radius 1 is 0.929 bits per heavy atom. The van der Waals surface area contributed by atoms with Crippen molar-refractivity contribution in [2.45, 2.75) is 26.3 Å². The highest BCUT2D eigenvalue weighted by Gasteiger charge is 2.38. The molecule has 0 unspecified atom stereocenters. The van der Waals surface area contributed by atoms with Crippen LogP contribution in [-0.2, 0) is 16.1 Å². The lowest BCUT2D eigenvalue weighted by molar-refractivity contribution is -0.138. The van der Waals surface area contributed by atoms with E-state index in [-0.39, 0.29) is 18.4 Å². The number of carbonyl (C=O) groups is 2. The first-order chi connectivity index (χ1) is 13.6. The summed E-state index contributed by atoms with van der Waals surface area (Å²) in [7, 11) is 1.60. The third-order valence-corrected chi connectivity index (χ3v) is 4.54. The number of nitrogens with zero attached hydrogens (tertiary/aromatic N) is 1. The van der Waals surface area contributed by atoms with E-state index in [1.807, 2.05) is 54.6 Å². The van der Waals surface area contributed by atoms with Crippen LogP contribution < -0.4 is 15.4 Å². The molecule has 2 amide bonds. The monoisotopic (exact) mass is 379 g/mol. The molecule has 1 aliphatic heterocycles. The zero-order valence-electron chi connectivity index (χ0n) is 16.2. The first-order valence-corrected chi connectivity index (χ1v) is 9.43. The minimum atomic E-state index is -0.330. The normalized spacial score (nSPS) is 13.9. The molecular formula is C22H25N3O3. The summed E-state index contributed by atoms with van der Waals surface area (Å²) in [6.45, 7) is 2.93. The van der Waals surface area contributed by atoms with E-state index in [2.05, 4.69) is 17.6 Å². The van der Waals surface area contributed by atoms with E-state index in [9.17, 15) is 9.59 Å². The van der Waals surface area contributed by atoms with Gasteiger partial charge in [0.2, 0.25) is 0 Å². The molecule has 0 aromatic heterocycles. The predicted octanol–water partition coefficient (Wildman–Crippen LogP) is 3.28. The van der Waals surface area contributed by atoms with Crippen molar-refractivity contribution in [3.63, 3.8) is 0 Å². The molecule has 28 heavy (non-hydrogen) atoms. The van der Waals surface area contributed by atoms with Crippen LogP contribution in [0.15, 0.2) is 66.0 Å². The van der Waals surface area contributed by atoms with Gasteiger partial charge in [-0.2, -0.15) is 0 Å². The van der Waals surface area contributed by atoms with Crippen LogP contribution in [0.5, 0.6) is 5.75 Å². The van der Waals surface area contributed by atoms with Crippen LogP contribution in [0.3, 0.4) is 0 Å². The Balaban J connectivity index is 1.82. The van der Waals surface area contributed by atoms with Crippen LogP contribution in [0.4, 0.5) is 5.69 Å². The molecule has 6 nitrogen and oxygen atoms in total. The van der Waals surface area contributed by atoms with Gasteiger partial charge in [-0.3, -0.25) is 14.5 Å². The molecule has 3 rings (SSSR count). The lowest BCUT2D eigenvalue weighted by Gasteiger charge is -2.15. The third-order valence-electron chi connectivity index (χ3n) is 4.54. The molecule has 6 heteroatoms. The molecule has 2 aromatic rings. The maximum atomic E-state index is 13.0. The summed E-state index contributed by atoms with van der Waals surface area (Å²) in [5, 5.41) is 6.27. The second kappa shape index (κ2) is 9.08. The summed E-state index contributed by atoms with van der Waals surface area (Å²) in [5.41, 5.74) is 2.24. The number of hydrogen-bond donors (Lipinski definition) is 2. The van der Waals surface area contributed by atoms with Crippen LogP contribution in [0, 0.1) is 0 Å². The Morgan fingerprint density at radius 2 is 1.61 bits per heavy atom. The third kappa shape index (κ3) is 4.34. The maximum absolute atomic E-state index is 13.0. The van der Waals surface area contributed by atoms with E-state index in [0.29, 0.717) is 17.9 Å². The number of carbonyl (C=O) groups excluding carboxylic acids is 2. The summed E-state index contributed by atoms with van der Waals surface area (Å²) in [6, 6.07) is 16.7. The average Bonchev–Trinajstić information content (AvgIpc) is 2.94. The smallest absolute Gasteiger partial charge is 0.279 e. The van der Waals surface area contributed by atoms with Crippen molar-refractivity contribution in [2.24, 2.45) is 0 Å². The molecule has 0 spiro atoms. The summed E-state index contributed by atoms with van der Waals surface area (Å²) in [6.07, 6.45) is 1.92. The van der Waals surface area contributed by atoms with Crippen molar-refractivity contribution in [1.82, 2.24) is 10.2 Å². The minimum Gasteiger partial charge on any atom is -0.497 e. The van der Waals surface area contributed by atoms with Crippen LogP contribution >= 0.6 is 0 Å². The van der Waals surface area contributed by atoms with Gasteiger partial charge in [-0.1, -0.05) is 43.7 Å². The topological polar surface area (TPSA) is 70.7 Å². The van der Waals surface area contributed by atoms with Crippen molar-refractivity contribution in [3.8, 4) is 5.75 Å². The van der Waals surface area contributed by atoms with E-state index in [4.69, 9.17) is 4.74 Å². The summed E-state index contributed by atoms with van der Waals surface area (Å²) < 4.78 is 5.16. The lowest BCUT2D eigenvalue weighted by atomic mass is 10.2. The molecule has 146 valence electrons. The highest BCUT2D eigenvalue weighted by Crippen LogP contribution is 2.24. The highest BCUT2D eigenvalue weighted by atomic mass is 16.5. The number of nitrogens with one attached hydrogen (secondary N) is 2. The summed E-state index contributed by atoms with van der Waals surface area (Å²) in [5.74, 6) is 0.0910. The van der Waals surface area contributed by atoms with Gasteiger partial charge >= 0.3 is 0 Å². The van der Waals surface area contributed by atoms with Crippen molar-refractivity contribution < 1.29 is 14.3 Å². The van der Waals surface area contributed by atoms with Gasteiger partial charge < -0.3 is 15.4 Å². The number of hydrogen-bond acceptors (Lipinski definition) is 5. The number of methoxy groups -OCH3 is 1. The van der Waals surface area contributed by atoms with Gasteiger partial charge in [-0.05, 0) is 36.2 Å². The SMILES string of the molecule is CCCCNC1=C(Nc2ccccc2)C(=O)N(Cc2ccc(OC)cc2)C1=O. The minimum absolute atomic E-state index is 0.209. The molecular weight excluding hydrogens is 354 g/mol. The van der Waals surface area contributed by atoms with Crippen LogP contribution in [-0.4, -0.2) is 30.4 Å². The first-order valence-electron chi connectivity index (χ1n) is 9.43. The molecule has 0 fully saturated rings. The molecule has 0 saturated carbocycles. The molecule has 0 saturated heterocycles. The Hall–Kier alpha value is -3.28. The summed E-state index contributed by atoms with van der Waals surface area (Å²) in [4.78, 5) is 27.2. The van der Waals surface area contributed by atoms with Gasteiger partial charge in [-0.25, -0.2) is 0 Å². The molecule has 0 atom stereocenters. The number of ether oxygens (including phenoxy) is 1. The van der Waals surface area contributed by atoms with Crippen molar-refractivity contribution in [3.05, 3.63) is 71.6 Å². The second-order valence-corrected chi connectivity index (χ2v) is 6.57. The van der Waals surface area contributed by atoms with E-state index in [1.54, 1.807) is 7.11 Å². The van der Waals surface area contributed by atoms with E-state index in [1.165, 1.54) is 4.90 Å². The molecule has 0 aliphatic carbocycles. The largest absolute Gasteiger partial charge is 0.497 e. The number of para-hydroxylation sites is 1. The van der Waals surface area contributed by atoms with Crippen molar-refractivity contribution in [1.29, 1.82) is 0 Å². The Labute approximate surface area is 165 Å². The lowest BCUT2D eigenvalue weighted by Crippen LogP contribution is -2.33. The van der Waals surface area contributed by atoms with Crippen molar-refractivity contribution in [2.75, 3.05) is 19.0 Å². The number of imide groups is 1. The van der Waals surface area contributed by atoms with Gasteiger partial charge in [-0.15, -0.1) is 0 Å². The zero-order valence-corrected chi connectivity index (χ0v) is 16.2. The standard InChI is InChI=1S/C22H25N3O3/c1-3-4-14-23-19-20(24-17-8-6-5-7-9-17)22(27)25(21(19)26)15-16-10-12-18(28-2)13-11-16/h5-13,23-24H,3-4,14-15H2,1-2H3. The van der Waals surface area contributed by atoms with Crippen LogP contribution in [0.1, 0.15) is 25.3 Å². The average molecular weight is 379 g/mol. The van der Waals surface area contributed by atoms with Gasteiger partial charge in [0.05, 0.1) is 13.7 Å². The Morgan fingerprint density at radius 3 is 2.25 bits per heavy atom. The highest BCUT2D eigenvalue weighted by molar-refractivity contribution is 6.20. The second-order valence-electron chi connectivity index (χ2n) is 6.57. The summed E-state index contributed by atoms with van der Waals surface area (Å²) >= 11 is 0. The molecule has 1 aliphatic rings. The maximum Gasteiger partial charge on any atom is 0.279 e. The number of amides is 2. The fourth-order valence-corrected chi connectivity index (χ4v) is 2.97. The Kier molecular flexibility index (Phi) is 6.32. The molecule has 2 N–H and O–H groups in total. The quantitative estimate of drug-likeness (QED) is 0.517. The number of rotatable bonds is 9. The van der Waals surface area contributed by atoms with Crippen molar-refractivity contribution >= 4 is 17.5 Å².